The molecule has 1 unspecified atom stereocenters. The van der Waals surface area contributed by atoms with Crippen LogP contribution in [-0.4, -0.2) is 36.6 Å². The fraction of sp³-hybridized carbons (Fsp3) is 0.562. The van der Waals surface area contributed by atoms with Gasteiger partial charge in [-0.2, -0.15) is 5.26 Å². The van der Waals surface area contributed by atoms with Crippen molar-refractivity contribution in [2.45, 2.75) is 37.8 Å². The summed E-state index contributed by atoms with van der Waals surface area (Å²) in [6.07, 6.45) is 3.46. The van der Waals surface area contributed by atoms with E-state index in [0.29, 0.717) is 6.04 Å². The number of nitrogens with one attached hydrogen (secondary N) is 1. The van der Waals surface area contributed by atoms with Gasteiger partial charge in [0.2, 0.25) is 0 Å². The van der Waals surface area contributed by atoms with E-state index in [1.807, 2.05) is 13.0 Å². The second kappa shape index (κ2) is 6.18. The topological polar surface area (TPSA) is 39.1 Å². The van der Waals surface area contributed by atoms with Crippen molar-refractivity contribution >= 4 is 0 Å². The van der Waals surface area contributed by atoms with Gasteiger partial charge in [0.25, 0.3) is 0 Å². The number of hydrogen-bond acceptors (Lipinski definition) is 3. The Morgan fingerprint density at radius 3 is 2.63 bits per heavy atom. The van der Waals surface area contributed by atoms with Crippen molar-refractivity contribution in [2.75, 3.05) is 20.1 Å². The molecule has 1 aromatic rings. The van der Waals surface area contributed by atoms with Crippen molar-refractivity contribution < 1.29 is 0 Å². The summed E-state index contributed by atoms with van der Waals surface area (Å²) in [7, 11) is 2.09. The number of likely N-dealkylation sites (N-methyl/N-ethyl adjacent to an activating group) is 1. The zero-order valence-corrected chi connectivity index (χ0v) is 11.9. The Hall–Kier alpha value is -1.37. The summed E-state index contributed by atoms with van der Waals surface area (Å²) >= 11 is 0. The molecule has 1 N–H and O–H groups in total. The minimum Gasteiger partial charge on any atom is -0.303 e. The second-order valence-corrected chi connectivity index (χ2v) is 5.84. The van der Waals surface area contributed by atoms with Crippen LogP contribution in [0.1, 0.15) is 25.3 Å². The molecule has 0 radical (unpaired) electrons. The predicted octanol–water partition coefficient (Wildman–Crippen LogP) is 2.20. The summed E-state index contributed by atoms with van der Waals surface area (Å²) in [5.74, 6) is 0. The van der Waals surface area contributed by atoms with E-state index in [2.05, 4.69) is 47.6 Å². The second-order valence-electron chi connectivity index (χ2n) is 5.84. The number of rotatable bonds is 7. The lowest BCUT2D eigenvalue weighted by Crippen LogP contribution is -2.50. The number of nitrogens with zero attached hydrogens (tertiary/aromatic N) is 2. The Kier molecular flexibility index (Phi) is 4.57. The molecule has 1 fully saturated rings. The third-order valence-electron chi connectivity index (χ3n) is 3.56. The Bertz CT molecular complexity index is 433. The Morgan fingerprint density at radius 2 is 2.05 bits per heavy atom. The van der Waals surface area contributed by atoms with Crippen molar-refractivity contribution in [1.82, 2.24) is 10.2 Å². The minimum absolute atomic E-state index is 0.424. The lowest BCUT2D eigenvalue weighted by Gasteiger charge is -2.29. The van der Waals surface area contributed by atoms with Gasteiger partial charge in [-0.25, -0.2) is 0 Å². The first-order valence-corrected chi connectivity index (χ1v) is 7.03. The van der Waals surface area contributed by atoms with E-state index in [1.165, 1.54) is 18.4 Å². The van der Waals surface area contributed by atoms with Gasteiger partial charge in [0.15, 0.2) is 0 Å². The van der Waals surface area contributed by atoms with Crippen LogP contribution in [0.15, 0.2) is 30.3 Å². The van der Waals surface area contributed by atoms with E-state index in [1.54, 1.807) is 0 Å². The van der Waals surface area contributed by atoms with Crippen LogP contribution in [0.4, 0.5) is 0 Å². The van der Waals surface area contributed by atoms with Gasteiger partial charge in [-0.1, -0.05) is 30.3 Å². The molecule has 0 aromatic heterocycles. The maximum absolute atomic E-state index is 9.36. The monoisotopic (exact) mass is 257 g/mol. The molecule has 1 aromatic carbocycles. The highest BCUT2D eigenvalue weighted by Crippen LogP contribution is 2.22. The Morgan fingerprint density at radius 1 is 1.37 bits per heavy atom. The molecule has 0 saturated heterocycles. The van der Waals surface area contributed by atoms with E-state index in [4.69, 9.17) is 0 Å². The molecule has 1 aliphatic carbocycles. The summed E-state index contributed by atoms with van der Waals surface area (Å²) in [4.78, 5) is 2.24. The molecular formula is C16H23N3. The lowest BCUT2D eigenvalue weighted by molar-refractivity contribution is 0.261. The molecule has 1 atom stereocenters. The van der Waals surface area contributed by atoms with Crippen molar-refractivity contribution in [2.24, 2.45) is 0 Å². The first-order valence-electron chi connectivity index (χ1n) is 7.03. The van der Waals surface area contributed by atoms with Crippen LogP contribution in [0, 0.1) is 11.3 Å². The zero-order valence-electron chi connectivity index (χ0n) is 11.9. The molecule has 0 bridgehead atoms. The summed E-state index contributed by atoms with van der Waals surface area (Å²) in [5, 5.41) is 12.8. The van der Waals surface area contributed by atoms with Gasteiger partial charge in [0.05, 0.1) is 6.07 Å². The quantitative estimate of drug-likeness (QED) is 0.814. The molecule has 2 rings (SSSR count). The summed E-state index contributed by atoms with van der Waals surface area (Å²) in [5.41, 5.74) is 0.926. The first kappa shape index (κ1) is 14.0. The number of nitriles is 1. The standard InChI is InChI=1S/C16H23N3/c1-16(12-17,18-15-8-9-15)13-19(2)11-10-14-6-4-3-5-7-14/h3-7,15,18H,8-11,13H2,1-2H3. The van der Waals surface area contributed by atoms with Crippen molar-refractivity contribution in [3.8, 4) is 6.07 Å². The van der Waals surface area contributed by atoms with Crippen LogP contribution in [0.2, 0.25) is 0 Å². The van der Waals surface area contributed by atoms with Crippen molar-refractivity contribution in [1.29, 1.82) is 5.26 Å². The van der Waals surface area contributed by atoms with E-state index in [9.17, 15) is 5.26 Å². The molecule has 1 aliphatic rings. The zero-order chi connectivity index (χ0) is 13.7. The van der Waals surface area contributed by atoms with Gasteiger partial charge in [0, 0.05) is 19.1 Å². The number of hydrogen-bond donors (Lipinski definition) is 1. The minimum atomic E-state index is -0.424. The van der Waals surface area contributed by atoms with Crippen LogP contribution in [0.3, 0.4) is 0 Å². The smallest absolute Gasteiger partial charge is 0.116 e. The van der Waals surface area contributed by atoms with Crippen molar-refractivity contribution in [3.05, 3.63) is 35.9 Å². The molecule has 102 valence electrons. The fourth-order valence-electron chi connectivity index (χ4n) is 2.37. The van der Waals surface area contributed by atoms with Gasteiger partial charge in [0.1, 0.15) is 5.54 Å². The molecule has 3 nitrogen and oxygen atoms in total. The summed E-state index contributed by atoms with van der Waals surface area (Å²) < 4.78 is 0. The highest BCUT2D eigenvalue weighted by atomic mass is 15.2. The Labute approximate surface area is 116 Å². The number of benzene rings is 1. The molecule has 3 heteroatoms. The third-order valence-corrected chi connectivity index (χ3v) is 3.56. The maximum Gasteiger partial charge on any atom is 0.116 e. The summed E-state index contributed by atoms with van der Waals surface area (Å²) in [6.45, 7) is 3.75. The van der Waals surface area contributed by atoms with Crippen LogP contribution in [-0.2, 0) is 6.42 Å². The van der Waals surface area contributed by atoms with Gasteiger partial charge >= 0.3 is 0 Å². The van der Waals surface area contributed by atoms with Crippen LogP contribution >= 0.6 is 0 Å². The molecule has 0 amide bonds. The van der Waals surface area contributed by atoms with Gasteiger partial charge in [-0.15, -0.1) is 0 Å². The molecular weight excluding hydrogens is 234 g/mol. The normalized spacial score (nSPS) is 18.0. The van der Waals surface area contributed by atoms with E-state index < -0.39 is 5.54 Å². The average Bonchev–Trinajstić information content (AvgIpc) is 3.21. The maximum atomic E-state index is 9.36. The van der Waals surface area contributed by atoms with E-state index in [-0.39, 0.29) is 0 Å². The van der Waals surface area contributed by atoms with Crippen molar-refractivity contribution in [3.63, 3.8) is 0 Å². The SMILES string of the molecule is CN(CCc1ccccc1)CC(C)(C#N)NC1CC1. The fourth-order valence-corrected chi connectivity index (χ4v) is 2.37. The molecule has 0 aliphatic heterocycles. The summed E-state index contributed by atoms with van der Waals surface area (Å²) in [6, 6.07) is 13.5. The van der Waals surface area contributed by atoms with Gasteiger partial charge in [-0.05, 0) is 38.8 Å². The largest absolute Gasteiger partial charge is 0.303 e. The highest BCUT2D eigenvalue weighted by molar-refractivity contribution is 5.15. The van der Waals surface area contributed by atoms with Crippen LogP contribution in [0.5, 0.6) is 0 Å². The molecule has 0 spiro atoms. The third kappa shape index (κ3) is 4.66. The lowest BCUT2D eigenvalue weighted by atomic mass is 10.0. The highest BCUT2D eigenvalue weighted by Gasteiger charge is 2.33. The average molecular weight is 257 g/mol. The van der Waals surface area contributed by atoms with Crippen LogP contribution in [0.25, 0.3) is 0 Å². The first-order chi connectivity index (χ1) is 9.11. The van der Waals surface area contributed by atoms with E-state index >= 15 is 0 Å². The predicted molar refractivity (Wildman–Crippen MR) is 77.8 cm³/mol. The molecule has 1 saturated carbocycles. The van der Waals surface area contributed by atoms with E-state index in [0.717, 1.165) is 19.5 Å². The van der Waals surface area contributed by atoms with Gasteiger partial charge < -0.3 is 4.90 Å². The van der Waals surface area contributed by atoms with Gasteiger partial charge in [-0.3, -0.25) is 5.32 Å². The van der Waals surface area contributed by atoms with Crippen LogP contribution < -0.4 is 5.32 Å². The Balaban J connectivity index is 1.79. The molecule has 0 heterocycles. The molecule has 19 heavy (non-hydrogen) atoms.